The highest BCUT2D eigenvalue weighted by molar-refractivity contribution is 8.00. The molecule has 1 heterocycles. The van der Waals surface area contributed by atoms with Crippen LogP contribution in [-0.2, 0) is 0 Å². The van der Waals surface area contributed by atoms with E-state index >= 15 is 0 Å². The average Bonchev–Trinajstić information content (AvgIpc) is 2.26. The Hall–Kier alpha value is 0.335. The van der Waals surface area contributed by atoms with Gasteiger partial charge in [0.2, 0.25) is 0 Å². The lowest BCUT2D eigenvalue weighted by Crippen LogP contribution is -2.27. The molecule has 0 aromatic heterocycles. The SMILES string of the molecule is [B]CSCC1CC(O)CN1C. The predicted octanol–water partition coefficient (Wildman–Crippen LogP) is -0.0894. The Kier molecular flexibility index (Phi) is 3.75. The molecule has 1 saturated heterocycles. The Morgan fingerprint density at radius 3 is 2.91 bits per heavy atom. The number of hydrogen-bond acceptors (Lipinski definition) is 3. The van der Waals surface area contributed by atoms with Crippen LogP contribution in [0.2, 0.25) is 0 Å². The molecule has 0 saturated carbocycles. The van der Waals surface area contributed by atoms with Gasteiger partial charge in [0.05, 0.1) is 14.0 Å². The Morgan fingerprint density at radius 2 is 2.45 bits per heavy atom. The summed E-state index contributed by atoms with van der Waals surface area (Å²) < 4.78 is 0. The van der Waals surface area contributed by atoms with E-state index in [9.17, 15) is 5.11 Å². The second-order valence-corrected chi connectivity index (χ2v) is 4.10. The molecule has 1 fully saturated rings. The first kappa shape index (κ1) is 9.42. The molecule has 0 amide bonds. The molecule has 11 heavy (non-hydrogen) atoms. The van der Waals surface area contributed by atoms with Crippen molar-refractivity contribution in [2.75, 3.05) is 25.0 Å². The second kappa shape index (κ2) is 4.38. The molecule has 2 radical (unpaired) electrons. The maximum atomic E-state index is 9.29. The van der Waals surface area contributed by atoms with Crippen LogP contribution in [0.25, 0.3) is 0 Å². The van der Waals surface area contributed by atoms with Gasteiger partial charge in [-0.05, 0) is 19.1 Å². The van der Waals surface area contributed by atoms with Gasteiger partial charge in [0.25, 0.3) is 0 Å². The molecule has 1 aliphatic heterocycles. The topological polar surface area (TPSA) is 23.5 Å². The van der Waals surface area contributed by atoms with Gasteiger partial charge in [0, 0.05) is 18.3 Å². The highest BCUT2D eigenvalue weighted by Crippen LogP contribution is 2.18. The number of β-amino-alcohol motifs (C(OH)–C–C–N with tert-alkyl or cyclic N) is 1. The molecule has 62 valence electrons. The lowest BCUT2D eigenvalue weighted by Gasteiger charge is -2.17. The number of likely N-dealkylation sites (N-methyl/N-ethyl adjacent to an activating group) is 1. The van der Waals surface area contributed by atoms with E-state index in [-0.39, 0.29) is 6.10 Å². The van der Waals surface area contributed by atoms with Gasteiger partial charge in [-0.1, -0.05) is 0 Å². The Balaban J connectivity index is 2.23. The molecule has 4 heteroatoms. The van der Waals surface area contributed by atoms with Crippen molar-refractivity contribution in [1.82, 2.24) is 4.90 Å². The smallest absolute Gasteiger partial charge is 0.0799 e. The van der Waals surface area contributed by atoms with Gasteiger partial charge in [0.15, 0.2) is 0 Å². The van der Waals surface area contributed by atoms with Gasteiger partial charge in [-0.25, -0.2) is 0 Å². The first-order valence-corrected chi connectivity index (χ1v) is 5.05. The maximum Gasteiger partial charge on any atom is 0.0799 e. The van der Waals surface area contributed by atoms with Gasteiger partial charge in [-0.2, -0.15) is 11.8 Å². The fourth-order valence-corrected chi connectivity index (χ4v) is 2.25. The molecule has 0 bridgehead atoms. The van der Waals surface area contributed by atoms with Crippen LogP contribution < -0.4 is 0 Å². The van der Waals surface area contributed by atoms with Crippen LogP contribution in [0.1, 0.15) is 6.42 Å². The summed E-state index contributed by atoms with van der Waals surface area (Å²) in [4.78, 5) is 2.20. The lowest BCUT2D eigenvalue weighted by atomic mass is 10.2. The number of nitrogens with zero attached hydrogens (tertiary/aromatic N) is 1. The summed E-state index contributed by atoms with van der Waals surface area (Å²) in [6, 6.07) is 0.526. The largest absolute Gasteiger partial charge is 0.392 e. The van der Waals surface area contributed by atoms with Crippen molar-refractivity contribution in [3.05, 3.63) is 0 Å². The maximum absolute atomic E-state index is 9.29. The summed E-state index contributed by atoms with van der Waals surface area (Å²) in [5.74, 6) is 1.05. The number of likely N-dealkylation sites (tertiary alicyclic amines) is 1. The summed E-state index contributed by atoms with van der Waals surface area (Å²) >= 11 is 1.74. The molecule has 2 nitrogen and oxygen atoms in total. The van der Waals surface area contributed by atoms with Gasteiger partial charge in [0.1, 0.15) is 0 Å². The molecule has 1 aliphatic rings. The van der Waals surface area contributed by atoms with Crippen molar-refractivity contribution in [1.29, 1.82) is 0 Å². The van der Waals surface area contributed by atoms with Crippen LogP contribution in [0.4, 0.5) is 0 Å². The van der Waals surface area contributed by atoms with Gasteiger partial charge in [-0.15, -0.1) is 0 Å². The van der Waals surface area contributed by atoms with E-state index in [0.717, 1.165) is 18.7 Å². The first-order chi connectivity index (χ1) is 5.24. The minimum absolute atomic E-state index is 0.122. The monoisotopic (exact) mass is 171 g/mol. The zero-order valence-electron chi connectivity index (χ0n) is 6.86. The molecule has 0 spiro atoms. The van der Waals surface area contributed by atoms with Crippen molar-refractivity contribution < 1.29 is 5.11 Å². The van der Waals surface area contributed by atoms with Crippen LogP contribution in [0.5, 0.6) is 0 Å². The molecular formula is C7H14BNOS. The minimum Gasteiger partial charge on any atom is -0.392 e. The normalized spacial score (nSPS) is 32.9. The van der Waals surface area contributed by atoms with Crippen molar-refractivity contribution in [2.45, 2.75) is 18.6 Å². The summed E-state index contributed by atoms with van der Waals surface area (Å²) in [6.07, 6.45) is 0.784. The Morgan fingerprint density at radius 1 is 1.73 bits per heavy atom. The molecule has 2 atom stereocenters. The summed E-state index contributed by atoms with van der Waals surface area (Å²) in [5, 5.41) is 9.29. The third kappa shape index (κ3) is 2.69. The van der Waals surface area contributed by atoms with E-state index in [2.05, 4.69) is 11.9 Å². The third-order valence-corrected chi connectivity index (χ3v) is 2.95. The zero-order chi connectivity index (χ0) is 8.27. The number of hydrogen-bond donors (Lipinski definition) is 1. The van der Waals surface area contributed by atoms with Crippen LogP contribution in [0.15, 0.2) is 0 Å². The highest BCUT2D eigenvalue weighted by Gasteiger charge is 2.27. The van der Waals surface area contributed by atoms with Gasteiger partial charge in [-0.3, -0.25) is 4.90 Å². The average molecular weight is 171 g/mol. The van der Waals surface area contributed by atoms with Crippen LogP contribution >= 0.6 is 11.8 Å². The first-order valence-electron chi connectivity index (χ1n) is 3.90. The molecular weight excluding hydrogens is 157 g/mol. The molecule has 2 unspecified atom stereocenters. The molecule has 0 aliphatic carbocycles. The molecule has 1 N–H and O–H groups in total. The van der Waals surface area contributed by atoms with Gasteiger partial charge < -0.3 is 5.11 Å². The third-order valence-electron chi connectivity index (χ3n) is 2.09. The summed E-state index contributed by atoms with van der Waals surface area (Å²) in [5.41, 5.74) is 0.681. The number of aliphatic hydroxyl groups excluding tert-OH is 1. The number of aliphatic hydroxyl groups is 1. The van der Waals surface area contributed by atoms with E-state index in [1.807, 2.05) is 0 Å². The summed E-state index contributed by atoms with van der Waals surface area (Å²) in [6.45, 7) is 0.815. The quantitative estimate of drug-likeness (QED) is 0.600. The lowest BCUT2D eigenvalue weighted by molar-refractivity contribution is 0.182. The van der Waals surface area contributed by atoms with Crippen LogP contribution in [0, 0.1) is 0 Å². The fourth-order valence-electron chi connectivity index (χ4n) is 1.45. The summed E-state index contributed by atoms with van der Waals surface area (Å²) in [7, 11) is 7.42. The minimum atomic E-state index is -0.122. The number of thioether (sulfide) groups is 1. The van der Waals surface area contributed by atoms with E-state index < -0.39 is 0 Å². The van der Waals surface area contributed by atoms with Crippen molar-refractivity contribution in [3.8, 4) is 0 Å². The van der Waals surface area contributed by atoms with E-state index in [4.69, 9.17) is 7.85 Å². The predicted molar refractivity (Wildman–Crippen MR) is 50.1 cm³/mol. The fraction of sp³-hybridized carbons (Fsp3) is 1.00. The Bertz CT molecular complexity index is 125. The van der Waals surface area contributed by atoms with Crippen molar-refractivity contribution in [2.24, 2.45) is 0 Å². The van der Waals surface area contributed by atoms with Crippen molar-refractivity contribution >= 4 is 19.6 Å². The molecule has 1 rings (SSSR count). The van der Waals surface area contributed by atoms with Crippen LogP contribution in [0.3, 0.4) is 0 Å². The molecule has 0 aromatic carbocycles. The number of rotatable bonds is 3. The van der Waals surface area contributed by atoms with E-state index in [0.29, 0.717) is 11.7 Å². The van der Waals surface area contributed by atoms with Gasteiger partial charge >= 0.3 is 0 Å². The standard InChI is InChI=1S/C7H14BNOS/c1-9-3-7(10)2-6(9)4-11-5-8/h6-7,10H,2-5H2,1H3. The zero-order valence-corrected chi connectivity index (χ0v) is 7.68. The highest BCUT2D eigenvalue weighted by atomic mass is 32.2. The van der Waals surface area contributed by atoms with Crippen molar-refractivity contribution in [3.63, 3.8) is 0 Å². The van der Waals surface area contributed by atoms with E-state index in [1.165, 1.54) is 0 Å². The molecule has 0 aromatic rings. The second-order valence-electron chi connectivity index (χ2n) is 3.02. The van der Waals surface area contributed by atoms with E-state index in [1.54, 1.807) is 11.8 Å². The van der Waals surface area contributed by atoms with Crippen LogP contribution in [-0.4, -0.2) is 55.0 Å². The Labute approximate surface area is 73.8 Å².